The molecule has 1 N–H and O–H groups in total. The van der Waals surface area contributed by atoms with Crippen LogP contribution in [0.2, 0.25) is 20.1 Å². The summed E-state index contributed by atoms with van der Waals surface area (Å²) in [5.74, 6) is 0. The van der Waals surface area contributed by atoms with Crippen LogP contribution < -0.4 is 5.32 Å². The number of nitrogens with one attached hydrogen (secondary N) is 1. The van der Waals surface area contributed by atoms with E-state index in [2.05, 4.69) is 5.32 Å². The third kappa shape index (κ3) is 3.41. The van der Waals surface area contributed by atoms with E-state index in [1.54, 1.807) is 12.1 Å². The molecule has 0 aromatic heterocycles. The monoisotopic (exact) mass is 347 g/mol. The van der Waals surface area contributed by atoms with Gasteiger partial charge in [-0.2, -0.15) is 0 Å². The lowest BCUT2D eigenvalue weighted by molar-refractivity contribution is 0.631. The fraction of sp³-hybridized carbons (Fsp3) is 0.200. The zero-order valence-corrected chi connectivity index (χ0v) is 13.8. The first-order valence-electron chi connectivity index (χ1n) is 6.16. The van der Waals surface area contributed by atoms with E-state index in [-0.39, 0.29) is 6.04 Å². The average molecular weight is 349 g/mol. The van der Waals surface area contributed by atoms with Crippen LogP contribution in [0.5, 0.6) is 0 Å². The number of hydrogen-bond acceptors (Lipinski definition) is 1. The van der Waals surface area contributed by atoms with E-state index in [0.29, 0.717) is 20.1 Å². The van der Waals surface area contributed by atoms with Gasteiger partial charge in [-0.3, -0.25) is 0 Å². The molecule has 0 bridgehead atoms. The molecule has 0 fully saturated rings. The molecule has 0 aliphatic carbocycles. The molecule has 2 aromatic rings. The fourth-order valence-corrected chi connectivity index (χ4v) is 3.12. The summed E-state index contributed by atoms with van der Waals surface area (Å²) in [5.41, 5.74) is 1.66. The van der Waals surface area contributed by atoms with Crippen LogP contribution in [0, 0.1) is 0 Å². The van der Waals surface area contributed by atoms with Crippen molar-refractivity contribution in [3.05, 3.63) is 67.6 Å². The maximum atomic E-state index is 6.30. The minimum absolute atomic E-state index is 0.201. The van der Waals surface area contributed by atoms with Crippen LogP contribution in [-0.2, 0) is 0 Å². The largest absolute Gasteiger partial charge is 0.306 e. The van der Waals surface area contributed by atoms with Crippen molar-refractivity contribution >= 4 is 46.4 Å². The van der Waals surface area contributed by atoms with Crippen molar-refractivity contribution in [1.29, 1.82) is 0 Å². The first-order valence-corrected chi connectivity index (χ1v) is 7.68. The van der Waals surface area contributed by atoms with Gasteiger partial charge in [-0.05, 0) is 42.4 Å². The molecule has 0 saturated carbocycles. The predicted octanol–water partition coefficient (Wildman–Crippen LogP) is 6.00. The standard InChI is InChI=1S/C15H13Cl4N/c1-2-20-15(10-8-9(16)6-7-11(10)17)14-12(18)4-3-5-13(14)19/h3-8,15,20H,2H2,1H3. The van der Waals surface area contributed by atoms with Crippen molar-refractivity contribution < 1.29 is 0 Å². The van der Waals surface area contributed by atoms with Crippen LogP contribution in [-0.4, -0.2) is 6.54 Å². The van der Waals surface area contributed by atoms with Gasteiger partial charge in [-0.15, -0.1) is 0 Å². The van der Waals surface area contributed by atoms with Crippen LogP contribution in [0.3, 0.4) is 0 Å². The second-order valence-corrected chi connectivity index (χ2v) is 5.95. The summed E-state index contributed by atoms with van der Waals surface area (Å²) in [6, 6.07) is 10.6. The number of halogens is 4. The van der Waals surface area contributed by atoms with Crippen LogP contribution in [0.25, 0.3) is 0 Å². The molecule has 2 aromatic carbocycles. The Kier molecular flexibility index (Phi) is 5.59. The topological polar surface area (TPSA) is 12.0 Å². The summed E-state index contributed by atoms with van der Waals surface area (Å²) in [4.78, 5) is 0. The minimum Gasteiger partial charge on any atom is -0.306 e. The van der Waals surface area contributed by atoms with Gasteiger partial charge in [0, 0.05) is 25.7 Å². The van der Waals surface area contributed by atoms with Gasteiger partial charge in [-0.25, -0.2) is 0 Å². The minimum atomic E-state index is -0.201. The molecule has 0 heterocycles. The maximum Gasteiger partial charge on any atom is 0.0621 e. The molecule has 1 nitrogen and oxygen atoms in total. The Morgan fingerprint density at radius 1 is 0.950 bits per heavy atom. The molecule has 0 radical (unpaired) electrons. The number of hydrogen-bond donors (Lipinski definition) is 1. The summed E-state index contributed by atoms with van der Waals surface area (Å²) in [5, 5.41) is 5.79. The van der Waals surface area contributed by atoms with E-state index < -0.39 is 0 Å². The molecule has 0 spiro atoms. The van der Waals surface area contributed by atoms with Crippen LogP contribution in [0.15, 0.2) is 36.4 Å². The number of rotatable bonds is 4. The Morgan fingerprint density at radius 2 is 1.60 bits per heavy atom. The van der Waals surface area contributed by atoms with Gasteiger partial charge in [0.2, 0.25) is 0 Å². The van der Waals surface area contributed by atoms with Gasteiger partial charge < -0.3 is 5.32 Å². The lowest BCUT2D eigenvalue weighted by Gasteiger charge is -2.22. The Morgan fingerprint density at radius 3 is 2.20 bits per heavy atom. The van der Waals surface area contributed by atoms with E-state index in [1.165, 1.54) is 0 Å². The Labute approximate surface area is 138 Å². The van der Waals surface area contributed by atoms with E-state index in [0.717, 1.165) is 17.7 Å². The van der Waals surface area contributed by atoms with Gasteiger partial charge in [0.25, 0.3) is 0 Å². The molecule has 5 heteroatoms. The third-order valence-corrected chi connectivity index (χ3v) is 4.20. The first kappa shape index (κ1) is 15.9. The highest BCUT2D eigenvalue weighted by atomic mass is 35.5. The van der Waals surface area contributed by atoms with Gasteiger partial charge in [0.05, 0.1) is 6.04 Å². The molecule has 20 heavy (non-hydrogen) atoms. The summed E-state index contributed by atoms with van der Waals surface area (Å²) in [6.07, 6.45) is 0. The number of benzene rings is 2. The molecule has 1 unspecified atom stereocenters. The summed E-state index contributed by atoms with van der Waals surface area (Å²) in [7, 11) is 0. The Balaban J connectivity index is 2.59. The second kappa shape index (κ2) is 7.02. The fourth-order valence-electron chi connectivity index (χ4n) is 2.09. The predicted molar refractivity (Wildman–Crippen MR) is 88.4 cm³/mol. The molecule has 2 rings (SSSR count). The molecule has 0 aliphatic heterocycles. The van der Waals surface area contributed by atoms with E-state index in [9.17, 15) is 0 Å². The SMILES string of the molecule is CCNC(c1cc(Cl)ccc1Cl)c1c(Cl)cccc1Cl. The Bertz CT molecular complexity index is 593. The maximum absolute atomic E-state index is 6.30. The van der Waals surface area contributed by atoms with Crippen molar-refractivity contribution in [2.24, 2.45) is 0 Å². The van der Waals surface area contributed by atoms with Gasteiger partial charge in [-0.1, -0.05) is 59.4 Å². The van der Waals surface area contributed by atoms with Gasteiger partial charge in [0.15, 0.2) is 0 Å². The summed E-state index contributed by atoms with van der Waals surface area (Å²) >= 11 is 25.0. The van der Waals surface area contributed by atoms with Crippen LogP contribution in [0.1, 0.15) is 24.1 Å². The zero-order chi connectivity index (χ0) is 14.7. The molecular weight excluding hydrogens is 336 g/mol. The van der Waals surface area contributed by atoms with E-state index >= 15 is 0 Å². The van der Waals surface area contributed by atoms with Crippen molar-refractivity contribution in [1.82, 2.24) is 5.32 Å². The lowest BCUT2D eigenvalue weighted by Crippen LogP contribution is -2.23. The van der Waals surface area contributed by atoms with Crippen LogP contribution >= 0.6 is 46.4 Å². The molecule has 1 atom stereocenters. The quantitative estimate of drug-likeness (QED) is 0.714. The lowest BCUT2D eigenvalue weighted by atomic mass is 9.98. The average Bonchev–Trinajstić information content (AvgIpc) is 2.40. The highest BCUT2D eigenvalue weighted by molar-refractivity contribution is 6.36. The van der Waals surface area contributed by atoms with Crippen molar-refractivity contribution in [2.45, 2.75) is 13.0 Å². The Hall–Kier alpha value is -0.440. The molecule has 0 aliphatic rings. The summed E-state index contributed by atoms with van der Waals surface area (Å²) < 4.78 is 0. The van der Waals surface area contributed by atoms with Crippen molar-refractivity contribution in [3.8, 4) is 0 Å². The van der Waals surface area contributed by atoms with Crippen molar-refractivity contribution in [3.63, 3.8) is 0 Å². The summed E-state index contributed by atoms with van der Waals surface area (Å²) in [6.45, 7) is 2.76. The highest BCUT2D eigenvalue weighted by Crippen LogP contribution is 2.37. The van der Waals surface area contributed by atoms with Crippen LogP contribution in [0.4, 0.5) is 0 Å². The normalized spacial score (nSPS) is 12.4. The zero-order valence-electron chi connectivity index (χ0n) is 10.8. The molecule has 0 saturated heterocycles. The third-order valence-electron chi connectivity index (χ3n) is 2.97. The smallest absolute Gasteiger partial charge is 0.0621 e. The second-order valence-electron chi connectivity index (χ2n) is 4.29. The van der Waals surface area contributed by atoms with Gasteiger partial charge in [0.1, 0.15) is 0 Å². The van der Waals surface area contributed by atoms with Crippen molar-refractivity contribution in [2.75, 3.05) is 6.54 Å². The van der Waals surface area contributed by atoms with E-state index in [4.69, 9.17) is 46.4 Å². The van der Waals surface area contributed by atoms with E-state index in [1.807, 2.05) is 31.2 Å². The van der Waals surface area contributed by atoms with Gasteiger partial charge >= 0.3 is 0 Å². The molecule has 0 amide bonds. The first-order chi connectivity index (χ1) is 9.54. The highest BCUT2D eigenvalue weighted by Gasteiger charge is 2.21. The molecule has 106 valence electrons. The molecular formula is C15H13Cl4N.